The van der Waals surface area contributed by atoms with E-state index in [-0.39, 0.29) is 31.7 Å². The second kappa shape index (κ2) is 9.08. The van der Waals surface area contributed by atoms with E-state index in [1.807, 2.05) is 0 Å². The quantitative estimate of drug-likeness (QED) is 0.541. The SMILES string of the molecule is CCOC(=O)O[C@]1(C(=O)COC(=O)CC)CC[C@H]2[C@@H]3CCC4=CC(=O)C=C[C@]4(C)[C@@]3(F)[C@@H](O)C[C@@]21C. The standard InChI is InChI=1S/C27H35FO8/c1-5-22(32)35-15-21(31)26(36-23(33)34-6-2)12-10-18-19-8-7-16-13-17(29)9-11-24(16,3)27(19,28)20(30)14-25(18,26)4/h9,11,13,18-20,30H,5-8,10,12,14-15H2,1-4H3/t18-,19-,20-,24-,25-,26-,27-/m0/s1. The molecule has 0 heterocycles. The minimum atomic E-state index is -2.07. The molecule has 0 radical (unpaired) electrons. The number of rotatable bonds is 6. The van der Waals surface area contributed by atoms with E-state index in [0.717, 1.165) is 0 Å². The monoisotopic (exact) mass is 506 g/mol. The van der Waals surface area contributed by atoms with Gasteiger partial charge in [-0.3, -0.25) is 14.4 Å². The van der Waals surface area contributed by atoms with Crippen molar-refractivity contribution in [1.29, 1.82) is 0 Å². The molecular weight excluding hydrogens is 471 g/mol. The third-order valence-corrected chi connectivity index (χ3v) is 9.38. The summed E-state index contributed by atoms with van der Waals surface area (Å²) in [6, 6.07) is 0. The normalized spacial score (nSPS) is 40.9. The molecule has 0 aromatic rings. The lowest BCUT2D eigenvalue weighted by atomic mass is 9.44. The molecule has 36 heavy (non-hydrogen) atoms. The summed E-state index contributed by atoms with van der Waals surface area (Å²) in [5.41, 5.74) is -5.45. The summed E-state index contributed by atoms with van der Waals surface area (Å²) in [4.78, 5) is 49.9. The Morgan fingerprint density at radius 3 is 2.53 bits per heavy atom. The van der Waals surface area contributed by atoms with Gasteiger partial charge in [0.15, 0.2) is 23.7 Å². The van der Waals surface area contributed by atoms with Crippen LogP contribution in [0.3, 0.4) is 0 Å². The molecule has 0 aromatic carbocycles. The van der Waals surface area contributed by atoms with Gasteiger partial charge in [-0.2, -0.15) is 0 Å². The van der Waals surface area contributed by atoms with Crippen LogP contribution in [0.15, 0.2) is 23.8 Å². The van der Waals surface area contributed by atoms with Gasteiger partial charge in [0.2, 0.25) is 5.78 Å². The highest BCUT2D eigenvalue weighted by Gasteiger charge is 2.75. The Balaban J connectivity index is 1.75. The fraction of sp³-hybridized carbons (Fsp3) is 0.704. The summed E-state index contributed by atoms with van der Waals surface area (Å²) in [6.45, 7) is 6.11. The molecule has 1 N–H and O–H groups in total. The van der Waals surface area contributed by atoms with Crippen molar-refractivity contribution >= 4 is 23.7 Å². The Morgan fingerprint density at radius 2 is 1.86 bits per heavy atom. The van der Waals surface area contributed by atoms with Gasteiger partial charge >= 0.3 is 12.1 Å². The van der Waals surface area contributed by atoms with Crippen LogP contribution < -0.4 is 0 Å². The first kappa shape index (κ1) is 26.5. The second-order valence-corrected chi connectivity index (χ2v) is 10.9. The maximum atomic E-state index is 17.3. The zero-order chi connectivity index (χ0) is 26.5. The van der Waals surface area contributed by atoms with Gasteiger partial charge in [-0.25, -0.2) is 9.18 Å². The number of ketones is 2. The predicted molar refractivity (Wildman–Crippen MR) is 125 cm³/mol. The molecule has 0 spiro atoms. The van der Waals surface area contributed by atoms with E-state index in [9.17, 15) is 24.3 Å². The second-order valence-electron chi connectivity index (χ2n) is 10.9. The van der Waals surface area contributed by atoms with Crippen molar-refractivity contribution in [2.24, 2.45) is 22.7 Å². The third-order valence-electron chi connectivity index (χ3n) is 9.38. The molecule has 0 aromatic heterocycles. The van der Waals surface area contributed by atoms with E-state index >= 15 is 4.39 Å². The summed E-state index contributed by atoms with van der Waals surface area (Å²) < 4.78 is 33.1. The minimum Gasteiger partial charge on any atom is -0.457 e. The molecule has 3 fully saturated rings. The number of alkyl halides is 1. The number of Topliss-reactive ketones (excluding diaryl/α,β-unsaturated/α-hetero) is 1. The summed E-state index contributed by atoms with van der Waals surface area (Å²) in [5.74, 6) is -2.43. The number of fused-ring (bicyclic) bond motifs is 5. The molecule has 8 nitrogen and oxygen atoms in total. The predicted octanol–water partition coefficient (Wildman–Crippen LogP) is 3.79. The molecule has 7 atom stereocenters. The molecule has 4 aliphatic rings. The molecule has 198 valence electrons. The molecule has 9 heteroatoms. The first-order valence-electron chi connectivity index (χ1n) is 12.8. The maximum Gasteiger partial charge on any atom is 0.509 e. The molecular formula is C27H35FO8. The highest BCUT2D eigenvalue weighted by Crippen LogP contribution is 2.70. The summed E-state index contributed by atoms with van der Waals surface area (Å²) >= 11 is 0. The van der Waals surface area contributed by atoms with Gasteiger partial charge in [-0.05, 0) is 64.0 Å². The van der Waals surface area contributed by atoms with Crippen molar-refractivity contribution in [2.75, 3.05) is 13.2 Å². The Kier molecular flexibility index (Phi) is 6.69. The number of aliphatic hydroxyl groups is 1. The van der Waals surface area contributed by atoms with Crippen LogP contribution in [0.2, 0.25) is 0 Å². The first-order chi connectivity index (χ1) is 16.9. The van der Waals surface area contributed by atoms with Gasteiger partial charge in [-0.15, -0.1) is 0 Å². The lowest BCUT2D eigenvalue weighted by Crippen LogP contribution is -2.69. The van der Waals surface area contributed by atoms with Crippen molar-refractivity contribution in [3.8, 4) is 0 Å². The average Bonchev–Trinajstić information content (AvgIpc) is 3.11. The van der Waals surface area contributed by atoms with Crippen LogP contribution in [0.4, 0.5) is 9.18 Å². The summed E-state index contributed by atoms with van der Waals surface area (Å²) in [5, 5.41) is 11.5. The van der Waals surface area contributed by atoms with E-state index in [4.69, 9.17) is 14.2 Å². The fourth-order valence-electron chi connectivity index (χ4n) is 7.54. The minimum absolute atomic E-state index is 0.0332. The fourth-order valence-corrected chi connectivity index (χ4v) is 7.54. The molecule has 4 rings (SSSR count). The number of allylic oxidation sites excluding steroid dienone is 4. The van der Waals surface area contributed by atoms with E-state index in [1.165, 1.54) is 12.2 Å². The average molecular weight is 507 g/mol. The number of carbonyl (C=O) groups excluding carboxylic acids is 4. The van der Waals surface area contributed by atoms with Gasteiger partial charge in [0, 0.05) is 23.2 Å². The Bertz CT molecular complexity index is 1030. The number of carbonyl (C=O) groups is 4. The number of hydrogen-bond acceptors (Lipinski definition) is 8. The van der Waals surface area contributed by atoms with Crippen LogP contribution >= 0.6 is 0 Å². The Hall–Kier alpha value is -2.55. The molecule has 0 amide bonds. The van der Waals surface area contributed by atoms with E-state index in [2.05, 4.69) is 0 Å². The zero-order valence-electron chi connectivity index (χ0n) is 21.3. The van der Waals surface area contributed by atoms with Gasteiger partial charge in [0.1, 0.15) is 0 Å². The lowest BCUT2D eigenvalue weighted by Gasteiger charge is -2.62. The van der Waals surface area contributed by atoms with Crippen molar-refractivity contribution in [3.05, 3.63) is 23.8 Å². The molecule has 3 saturated carbocycles. The van der Waals surface area contributed by atoms with Crippen LogP contribution in [0.5, 0.6) is 0 Å². The zero-order valence-corrected chi connectivity index (χ0v) is 21.3. The highest BCUT2D eigenvalue weighted by molar-refractivity contribution is 6.01. The molecule has 0 saturated heterocycles. The van der Waals surface area contributed by atoms with Crippen molar-refractivity contribution in [1.82, 2.24) is 0 Å². The van der Waals surface area contributed by atoms with E-state index < -0.39 is 64.6 Å². The first-order valence-corrected chi connectivity index (χ1v) is 12.8. The van der Waals surface area contributed by atoms with E-state index in [0.29, 0.717) is 24.8 Å². The lowest BCUT2D eigenvalue weighted by molar-refractivity contribution is -0.219. The number of aliphatic hydroxyl groups excluding tert-OH is 1. The third kappa shape index (κ3) is 3.56. The van der Waals surface area contributed by atoms with Crippen LogP contribution in [-0.2, 0) is 28.6 Å². The van der Waals surface area contributed by atoms with Crippen LogP contribution in [0.1, 0.15) is 66.2 Å². The van der Waals surface area contributed by atoms with Crippen LogP contribution in [-0.4, -0.2) is 59.4 Å². The van der Waals surface area contributed by atoms with Crippen molar-refractivity contribution in [3.63, 3.8) is 0 Å². The molecule has 0 bridgehead atoms. The van der Waals surface area contributed by atoms with Crippen molar-refractivity contribution in [2.45, 2.75) is 83.6 Å². The van der Waals surface area contributed by atoms with Crippen LogP contribution in [0.25, 0.3) is 0 Å². The molecule has 0 aliphatic heterocycles. The molecule has 0 unspecified atom stereocenters. The maximum absolute atomic E-state index is 17.3. The Labute approximate surface area is 210 Å². The Morgan fingerprint density at radius 1 is 1.14 bits per heavy atom. The number of ether oxygens (including phenoxy) is 3. The van der Waals surface area contributed by atoms with Crippen LogP contribution in [0, 0.1) is 22.7 Å². The van der Waals surface area contributed by atoms with Gasteiger partial charge in [-0.1, -0.05) is 25.5 Å². The van der Waals surface area contributed by atoms with Gasteiger partial charge < -0.3 is 19.3 Å². The van der Waals surface area contributed by atoms with Gasteiger partial charge in [0.05, 0.1) is 12.7 Å². The number of halogens is 1. The van der Waals surface area contributed by atoms with Gasteiger partial charge in [0.25, 0.3) is 0 Å². The number of esters is 1. The topological polar surface area (TPSA) is 116 Å². The van der Waals surface area contributed by atoms with Crippen molar-refractivity contribution < 1.29 is 42.9 Å². The molecule has 4 aliphatic carbocycles. The largest absolute Gasteiger partial charge is 0.509 e. The smallest absolute Gasteiger partial charge is 0.457 e. The summed E-state index contributed by atoms with van der Waals surface area (Å²) in [7, 11) is 0. The van der Waals surface area contributed by atoms with E-state index in [1.54, 1.807) is 33.8 Å². The summed E-state index contributed by atoms with van der Waals surface area (Å²) in [6.07, 6.45) is 3.12. The number of hydrogen-bond donors (Lipinski definition) is 1. The highest BCUT2D eigenvalue weighted by atomic mass is 19.1.